The molecule has 0 fully saturated rings. The van der Waals surface area contributed by atoms with Gasteiger partial charge < -0.3 is 0 Å². The molecule has 0 aliphatic rings. The first kappa shape index (κ1) is 26.3. The number of hydrogen-bond donors (Lipinski definition) is 0. The van der Waals surface area contributed by atoms with Crippen molar-refractivity contribution in [3.63, 3.8) is 0 Å². The number of carbonyl (C=O) groups excluding carboxylic acids is 2. The van der Waals surface area contributed by atoms with E-state index >= 15 is 0 Å². The summed E-state index contributed by atoms with van der Waals surface area (Å²) in [5, 5.41) is 0. The predicted octanol–water partition coefficient (Wildman–Crippen LogP) is 8.07. The van der Waals surface area contributed by atoms with Crippen LogP contribution >= 0.6 is 0 Å². The molecule has 1 unspecified atom stereocenters. The van der Waals surface area contributed by atoms with Gasteiger partial charge in [-0.25, -0.2) is 0 Å². The molecule has 0 heterocycles. The predicted molar refractivity (Wildman–Crippen MR) is 118 cm³/mol. The Morgan fingerprint density at radius 3 is 1.56 bits per heavy atom. The second kappa shape index (κ2) is 16.3. The lowest BCUT2D eigenvalue weighted by Gasteiger charge is -2.30. The van der Waals surface area contributed by atoms with E-state index in [0.717, 1.165) is 12.8 Å². The monoisotopic (exact) mass is 380 g/mol. The summed E-state index contributed by atoms with van der Waals surface area (Å²) < 4.78 is 0. The zero-order valence-electron chi connectivity index (χ0n) is 19.2. The summed E-state index contributed by atoms with van der Waals surface area (Å²) in [4.78, 5) is 24.9. The summed E-state index contributed by atoms with van der Waals surface area (Å²) in [6, 6.07) is 0. The van der Waals surface area contributed by atoms with Crippen LogP contribution in [-0.2, 0) is 9.59 Å². The Bertz CT molecular complexity index is 384. The van der Waals surface area contributed by atoms with Gasteiger partial charge in [-0.05, 0) is 18.3 Å². The van der Waals surface area contributed by atoms with Crippen LogP contribution in [-0.4, -0.2) is 11.6 Å². The molecule has 0 aliphatic heterocycles. The van der Waals surface area contributed by atoms with Crippen LogP contribution in [0.25, 0.3) is 0 Å². The molecule has 2 nitrogen and oxygen atoms in total. The third-order valence-corrected chi connectivity index (χ3v) is 6.14. The SMILES string of the molecule is CCCCCCCCCC(=O)C(C)C(C)(C)CC(=O)CCCCCCCC. The summed E-state index contributed by atoms with van der Waals surface area (Å²) >= 11 is 0. The van der Waals surface area contributed by atoms with E-state index in [9.17, 15) is 9.59 Å². The molecule has 0 aromatic carbocycles. The maximum Gasteiger partial charge on any atom is 0.136 e. The summed E-state index contributed by atoms with van der Waals surface area (Å²) in [6.45, 7) is 10.7. The van der Waals surface area contributed by atoms with Gasteiger partial charge in [0.25, 0.3) is 0 Å². The standard InChI is InChI=1S/C25H48O2/c1-6-8-10-12-14-16-18-20-24(27)22(3)25(4,5)21-23(26)19-17-15-13-11-9-7-2/h22H,6-21H2,1-5H3. The number of unbranched alkanes of at least 4 members (excludes halogenated alkanes) is 11. The Hall–Kier alpha value is -0.660. The van der Waals surface area contributed by atoms with Crippen molar-refractivity contribution in [2.45, 2.75) is 137 Å². The van der Waals surface area contributed by atoms with Crippen molar-refractivity contribution < 1.29 is 9.59 Å². The lowest BCUT2D eigenvalue weighted by atomic mass is 9.73. The quantitative estimate of drug-likeness (QED) is 0.212. The van der Waals surface area contributed by atoms with Gasteiger partial charge >= 0.3 is 0 Å². The smallest absolute Gasteiger partial charge is 0.136 e. The molecule has 0 amide bonds. The van der Waals surface area contributed by atoms with Crippen molar-refractivity contribution >= 4 is 11.6 Å². The summed E-state index contributed by atoms with van der Waals surface area (Å²) in [7, 11) is 0. The Morgan fingerprint density at radius 2 is 1.07 bits per heavy atom. The van der Waals surface area contributed by atoms with Gasteiger partial charge in [-0.1, -0.05) is 105 Å². The van der Waals surface area contributed by atoms with Crippen LogP contribution in [0.4, 0.5) is 0 Å². The molecule has 27 heavy (non-hydrogen) atoms. The molecule has 160 valence electrons. The number of carbonyl (C=O) groups is 2. The van der Waals surface area contributed by atoms with E-state index in [-0.39, 0.29) is 11.3 Å². The van der Waals surface area contributed by atoms with Gasteiger partial charge in [0.2, 0.25) is 0 Å². The van der Waals surface area contributed by atoms with Crippen molar-refractivity contribution in [1.82, 2.24) is 0 Å². The highest BCUT2D eigenvalue weighted by Gasteiger charge is 2.32. The summed E-state index contributed by atoms with van der Waals surface area (Å²) in [5.41, 5.74) is -0.211. The molecule has 0 saturated carbocycles. The van der Waals surface area contributed by atoms with Crippen molar-refractivity contribution in [1.29, 1.82) is 0 Å². The second-order valence-electron chi connectivity index (χ2n) is 9.28. The lowest BCUT2D eigenvalue weighted by Crippen LogP contribution is -2.31. The van der Waals surface area contributed by atoms with Crippen LogP contribution in [0.1, 0.15) is 137 Å². The van der Waals surface area contributed by atoms with E-state index in [0.29, 0.717) is 30.8 Å². The molecule has 2 heteroatoms. The van der Waals surface area contributed by atoms with Gasteiger partial charge in [-0.3, -0.25) is 9.59 Å². The van der Waals surface area contributed by atoms with Gasteiger partial charge in [0, 0.05) is 25.2 Å². The minimum Gasteiger partial charge on any atom is -0.300 e. The van der Waals surface area contributed by atoms with Crippen LogP contribution in [0.15, 0.2) is 0 Å². The van der Waals surface area contributed by atoms with Crippen LogP contribution in [0.3, 0.4) is 0 Å². The van der Waals surface area contributed by atoms with Crippen LogP contribution in [0.5, 0.6) is 0 Å². The first-order chi connectivity index (χ1) is 12.8. The van der Waals surface area contributed by atoms with Crippen LogP contribution in [0, 0.1) is 11.3 Å². The van der Waals surface area contributed by atoms with Gasteiger partial charge in [0.15, 0.2) is 0 Å². The Balaban J connectivity index is 3.99. The van der Waals surface area contributed by atoms with Gasteiger partial charge in [-0.2, -0.15) is 0 Å². The molecule has 0 bridgehead atoms. The Morgan fingerprint density at radius 1 is 0.667 bits per heavy atom. The minimum atomic E-state index is -0.211. The highest BCUT2D eigenvalue weighted by Crippen LogP contribution is 2.33. The number of hydrogen-bond acceptors (Lipinski definition) is 2. The fourth-order valence-corrected chi connectivity index (χ4v) is 3.76. The third-order valence-electron chi connectivity index (χ3n) is 6.14. The maximum atomic E-state index is 12.6. The number of Topliss-reactive ketones (excluding diaryl/α,β-unsaturated/α-hetero) is 2. The van der Waals surface area contributed by atoms with Crippen molar-refractivity contribution in [2.75, 3.05) is 0 Å². The molecule has 0 radical (unpaired) electrons. The molecule has 0 N–H and O–H groups in total. The number of rotatable bonds is 19. The van der Waals surface area contributed by atoms with Gasteiger partial charge in [0.1, 0.15) is 11.6 Å². The normalized spacial score (nSPS) is 12.9. The average Bonchev–Trinajstić information content (AvgIpc) is 2.62. The molecular formula is C25H48O2. The van der Waals surface area contributed by atoms with E-state index in [4.69, 9.17) is 0 Å². The van der Waals surface area contributed by atoms with Crippen LogP contribution < -0.4 is 0 Å². The lowest BCUT2D eigenvalue weighted by molar-refractivity contribution is -0.128. The second-order valence-corrected chi connectivity index (χ2v) is 9.28. The van der Waals surface area contributed by atoms with Crippen molar-refractivity contribution in [3.05, 3.63) is 0 Å². The van der Waals surface area contributed by atoms with E-state index in [1.165, 1.54) is 70.6 Å². The largest absolute Gasteiger partial charge is 0.300 e. The van der Waals surface area contributed by atoms with E-state index in [2.05, 4.69) is 27.7 Å². The fraction of sp³-hybridized carbons (Fsp3) is 0.920. The molecule has 0 aromatic heterocycles. The van der Waals surface area contributed by atoms with Crippen LogP contribution in [0.2, 0.25) is 0 Å². The zero-order chi connectivity index (χ0) is 20.5. The molecule has 1 atom stereocenters. The molecular weight excluding hydrogens is 332 g/mol. The zero-order valence-corrected chi connectivity index (χ0v) is 19.2. The minimum absolute atomic E-state index is 0.0221. The Kier molecular flexibility index (Phi) is 15.9. The molecule has 0 spiro atoms. The molecule has 0 rings (SSSR count). The highest BCUT2D eigenvalue weighted by atomic mass is 16.1. The van der Waals surface area contributed by atoms with E-state index < -0.39 is 0 Å². The van der Waals surface area contributed by atoms with Gasteiger partial charge in [0.05, 0.1) is 0 Å². The summed E-state index contributed by atoms with van der Waals surface area (Å²) in [5.74, 6) is 0.665. The fourth-order valence-electron chi connectivity index (χ4n) is 3.76. The summed E-state index contributed by atoms with van der Waals surface area (Å²) in [6.07, 6.45) is 17.9. The van der Waals surface area contributed by atoms with E-state index in [1.807, 2.05) is 6.92 Å². The van der Waals surface area contributed by atoms with E-state index in [1.54, 1.807) is 0 Å². The molecule has 0 aromatic rings. The third kappa shape index (κ3) is 14.1. The number of ketones is 2. The van der Waals surface area contributed by atoms with Crippen molar-refractivity contribution in [2.24, 2.45) is 11.3 Å². The molecule has 0 saturated heterocycles. The first-order valence-electron chi connectivity index (χ1n) is 11.9. The maximum absolute atomic E-state index is 12.6. The first-order valence-corrected chi connectivity index (χ1v) is 11.9. The average molecular weight is 381 g/mol. The van der Waals surface area contributed by atoms with Gasteiger partial charge in [-0.15, -0.1) is 0 Å². The highest BCUT2D eigenvalue weighted by molar-refractivity contribution is 5.84. The Labute approximate surface area is 170 Å². The van der Waals surface area contributed by atoms with Crippen molar-refractivity contribution in [3.8, 4) is 0 Å². The molecule has 0 aliphatic carbocycles. The topological polar surface area (TPSA) is 34.1 Å².